The van der Waals surface area contributed by atoms with E-state index in [1.54, 1.807) is 0 Å². The van der Waals surface area contributed by atoms with Crippen molar-refractivity contribution in [3.63, 3.8) is 0 Å². The van der Waals surface area contributed by atoms with E-state index in [0.717, 1.165) is 25.4 Å². The lowest BCUT2D eigenvalue weighted by molar-refractivity contribution is -0.119. The van der Waals surface area contributed by atoms with Gasteiger partial charge in [-0.2, -0.15) is 0 Å². The third-order valence-corrected chi connectivity index (χ3v) is 5.15. The summed E-state index contributed by atoms with van der Waals surface area (Å²) < 4.78 is 0. The molecule has 1 aromatic rings. The first-order valence-corrected chi connectivity index (χ1v) is 8.77. The minimum absolute atomic E-state index is 0.135. The molecule has 1 fully saturated rings. The summed E-state index contributed by atoms with van der Waals surface area (Å²) in [5.74, 6) is 1.19. The number of nitrogens with one attached hydrogen (secondary N) is 1. The molecule has 1 aromatic carbocycles. The lowest BCUT2D eigenvalue weighted by Gasteiger charge is -2.30. The van der Waals surface area contributed by atoms with Crippen molar-refractivity contribution in [2.75, 3.05) is 49.9 Å². The first-order chi connectivity index (χ1) is 10.3. The van der Waals surface area contributed by atoms with Crippen LogP contribution in [0.3, 0.4) is 0 Å². The standard InChI is InChI=1S/C16H23N3OS/c20-16(17-7-10-18-8-3-4-9-18)13-19-11-12-21-15-6-2-1-5-14(15)19/h1-2,5-6H,3-4,7-13H2,(H,17,20). The number of para-hydroxylation sites is 1. The van der Waals surface area contributed by atoms with Crippen molar-refractivity contribution >= 4 is 23.4 Å². The SMILES string of the molecule is O=C(CN1CCSc2ccccc21)NCCN1CCCC1. The molecule has 2 aliphatic heterocycles. The van der Waals surface area contributed by atoms with Gasteiger partial charge in [0.2, 0.25) is 5.91 Å². The zero-order valence-electron chi connectivity index (χ0n) is 12.4. The maximum atomic E-state index is 12.1. The van der Waals surface area contributed by atoms with Gasteiger partial charge in [-0.05, 0) is 38.1 Å². The molecule has 0 saturated carbocycles. The molecule has 3 rings (SSSR count). The molecule has 0 unspecified atom stereocenters. The van der Waals surface area contributed by atoms with Crippen molar-refractivity contribution in [1.82, 2.24) is 10.2 Å². The van der Waals surface area contributed by atoms with Crippen molar-refractivity contribution in [3.8, 4) is 0 Å². The molecule has 2 heterocycles. The van der Waals surface area contributed by atoms with Crippen LogP contribution in [-0.2, 0) is 4.79 Å². The minimum atomic E-state index is 0.135. The van der Waals surface area contributed by atoms with Crippen LogP contribution in [0.25, 0.3) is 0 Å². The molecule has 4 nitrogen and oxygen atoms in total. The van der Waals surface area contributed by atoms with E-state index in [2.05, 4.69) is 33.3 Å². The number of rotatable bonds is 5. The van der Waals surface area contributed by atoms with E-state index in [9.17, 15) is 4.79 Å². The summed E-state index contributed by atoms with van der Waals surface area (Å²) >= 11 is 1.87. The van der Waals surface area contributed by atoms with Gasteiger partial charge in [0.1, 0.15) is 0 Å². The van der Waals surface area contributed by atoms with Crippen molar-refractivity contribution in [1.29, 1.82) is 0 Å². The molecule has 2 aliphatic rings. The Kier molecular flexibility index (Phi) is 5.04. The molecular weight excluding hydrogens is 282 g/mol. The Morgan fingerprint density at radius 3 is 2.86 bits per heavy atom. The Labute approximate surface area is 130 Å². The van der Waals surface area contributed by atoms with Gasteiger partial charge in [-0.15, -0.1) is 11.8 Å². The molecule has 0 atom stereocenters. The van der Waals surface area contributed by atoms with Crippen LogP contribution < -0.4 is 10.2 Å². The minimum Gasteiger partial charge on any atom is -0.360 e. The highest BCUT2D eigenvalue weighted by atomic mass is 32.2. The Morgan fingerprint density at radius 1 is 1.19 bits per heavy atom. The van der Waals surface area contributed by atoms with Gasteiger partial charge in [0.15, 0.2) is 0 Å². The average Bonchev–Trinajstić information content (AvgIpc) is 3.01. The maximum Gasteiger partial charge on any atom is 0.239 e. The van der Waals surface area contributed by atoms with E-state index < -0.39 is 0 Å². The molecular formula is C16H23N3OS. The predicted molar refractivity (Wildman–Crippen MR) is 88.1 cm³/mol. The number of carbonyl (C=O) groups excluding carboxylic acids is 1. The second-order valence-corrected chi connectivity index (χ2v) is 6.77. The van der Waals surface area contributed by atoms with E-state index in [4.69, 9.17) is 0 Å². The number of hydrogen-bond donors (Lipinski definition) is 1. The van der Waals surface area contributed by atoms with Gasteiger partial charge in [-0.1, -0.05) is 12.1 Å². The van der Waals surface area contributed by atoms with E-state index in [1.165, 1.54) is 36.5 Å². The zero-order chi connectivity index (χ0) is 14.5. The smallest absolute Gasteiger partial charge is 0.239 e. The van der Waals surface area contributed by atoms with Crippen LogP contribution >= 0.6 is 11.8 Å². The van der Waals surface area contributed by atoms with Gasteiger partial charge >= 0.3 is 0 Å². The van der Waals surface area contributed by atoms with Crippen LogP contribution in [0.5, 0.6) is 0 Å². The molecule has 0 aliphatic carbocycles. The molecule has 0 spiro atoms. The number of hydrogen-bond acceptors (Lipinski definition) is 4. The molecule has 0 radical (unpaired) electrons. The molecule has 21 heavy (non-hydrogen) atoms. The van der Waals surface area contributed by atoms with Gasteiger partial charge in [-0.25, -0.2) is 0 Å². The number of benzene rings is 1. The van der Waals surface area contributed by atoms with Crippen molar-refractivity contribution in [3.05, 3.63) is 24.3 Å². The molecule has 0 bridgehead atoms. The van der Waals surface area contributed by atoms with Crippen LogP contribution in [0.4, 0.5) is 5.69 Å². The fraction of sp³-hybridized carbons (Fsp3) is 0.562. The van der Waals surface area contributed by atoms with Crippen LogP contribution in [0.15, 0.2) is 29.2 Å². The van der Waals surface area contributed by atoms with E-state index in [-0.39, 0.29) is 5.91 Å². The zero-order valence-corrected chi connectivity index (χ0v) is 13.2. The fourth-order valence-corrected chi connectivity index (χ4v) is 4.03. The first-order valence-electron chi connectivity index (χ1n) is 7.79. The lowest BCUT2D eigenvalue weighted by atomic mass is 10.2. The van der Waals surface area contributed by atoms with Crippen molar-refractivity contribution < 1.29 is 4.79 Å². The Bertz CT molecular complexity index is 488. The van der Waals surface area contributed by atoms with Crippen molar-refractivity contribution in [2.24, 2.45) is 0 Å². The number of likely N-dealkylation sites (tertiary alicyclic amines) is 1. The van der Waals surface area contributed by atoms with Gasteiger partial charge in [0.25, 0.3) is 0 Å². The second-order valence-electron chi connectivity index (χ2n) is 5.64. The molecule has 1 saturated heterocycles. The average molecular weight is 305 g/mol. The summed E-state index contributed by atoms with van der Waals surface area (Å²) in [4.78, 5) is 18.0. The van der Waals surface area contributed by atoms with E-state index >= 15 is 0 Å². The summed E-state index contributed by atoms with van der Waals surface area (Å²) in [6.07, 6.45) is 2.60. The fourth-order valence-electron chi connectivity index (χ4n) is 2.98. The summed E-state index contributed by atoms with van der Waals surface area (Å²) in [6.45, 7) is 5.54. The van der Waals surface area contributed by atoms with Gasteiger partial charge in [0.05, 0.1) is 12.2 Å². The number of amides is 1. The van der Waals surface area contributed by atoms with Gasteiger partial charge in [-0.3, -0.25) is 4.79 Å². The highest BCUT2D eigenvalue weighted by Crippen LogP contribution is 2.33. The van der Waals surface area contributed by atoms with E-state index in [1.807, 2.05) is 17.8 Å². The Morgan fingerprint density at radius 2 is 2.00 bits per heavy atom. The Hall–Kier alpha value is -1.20. The second kappa shape index (κ2) is 7.18. The number of anilines is 1. The summed E-state index contributed by atoms with van der Waals surface area (Å²) in [7, 11) is 0. The molecule has 5 heteroatoms. The highest BCUT2D eigenvalue weighted by Gasteiger charge is 2.19. The molecule has 114 valence electrons. The number of carbonyl (C=O) groups is 1. The normalized spacial score (nSPS) is 18.6. The van der Waals surface area contributed by atoms with Crippen LogP contribution in [0, 0.1) is 0 Å². The molecule has 1 amide bonds. The summed E-state index contributed by atoms with van der Waals surface area (Å²) in [5, 5.41) is 3.06. The molecule has 0 aromatic heterocycles. The van der Waals surface area contributed by atoms with Crippen LogP contribution in [0.2, 0.25) is 0 Å². The predicted octanol–water partition coefficient (Wildman–Crippen LogP) is 1.81. The highest BCUT2D eigenvalue weighted by molar-refractivity contribution is 7.99. The third-order valence-electron chi connectivity index (χ3n) is 4.11. The molecule has 1 N–H and O–H groups in total. The lowest BCUT2D eigenvalue weighted by Crippen LogP contribution is -2.42. The quantitative estimate of drug-likeness (QED) is 0.900. The maximum absolute atomic E-state index is 12.1. The van der Waals surface area contributed by atoms with Crippen LogP contribution in [0.1, 0.15) is 12.8 Å². The van der Waals surface area contributed by atoms with Crippen molar-refractivity contribution in [2.45, 2.75) is 17.7 Å². The number of fused-ring (bicyclic) bond motifs is 1. The largest absolute Gasteiger partial charge is 0.360 e. The number of nitrogens with zero attached hydrogens (tertiary/aromatic N) is 2. The first kappa shape index (κ1) is 14.7. The van der Waals surface area contributed by atoms with E-state index in [0.29, 0.717) is 6.54 Å². The Balaban J connectivity index is 1.46. The number of thioether (sulfide) groups is 1. The summed E-state index contributed by atoms with van der Waals surface area (Å²) in [6, 6.07) is 8.35. The van der Waals surface area contributed by atoms with Gasteiger partial charge in [0, 0.05) is 30.3 Å². The topological polar surface area (TPSA) is 35.6 Å². The summed E-state index contributed by atoms with van der Waals surface area (Å²) in [5.41, 5.74) is 1.20. The van der Waals surface area contributed by atoms with Crippen LogP contribution in [-0.4, -0.2) is 55.8 Å². The third kappa shape index (κ3) is 3.92. The van der Waals surface area contributed by atoms with Gasteiger partial charge < -0.3 is 15.1 Å². The monoisotopic (exact) mass is 305 g/mol.